The van der Waals surface area contributed by atoms with Crippen LogP contribution >= 0.6 is 0 Å². The number of aryl methyl sites for hydroxylation is 1. The summed E-state index contributed by atoms with van der Waals surface area (Å²) >= 11 is 0. The highest BCUT2D eigenvalue weighted by Crippen LogP contribution is 2.36. The van der Waals surface area contributed by atoms with Crippen molar-refractivity contribution in [1.29, 1.82) is 0 Å². The molecule has 0 amide bonds. The maximum Gasteiger partial charge on any atom is 0.238 e. The summed E-state index contributed by atoms with van der Waals surface area (Å²) in [6, 6.07) is 8.76. The number of ketones is 1. The highest BCUT2D eigenvalue weighted by Gasteiger charge is 2.32. The topological polar surface area (TPSA) is 124 Å². The number of rotatable bonds is 8. The number of Topliss-reactive ketones (excluding diaryl/α,β-unsaturated/α-hetero) is 1. The van der Waals surface area contributed by atoms with Crippen molar-refractivity contribution in [1.82, 2.24) is 34.8 Å². The van der Waals surface area contributed by atoms with Crippen LogP contribution in [0, 0.1) is 0 Å². The first-order valence-electron chi connectivity index (χ1n) is 14.2. The van der Waals surface area contributed by atoms with E-state index < -0.39 is 0 Å². The zero-order chi connectivity index (χ0) is 28.6. The SMILES string of the molecule is CCn1cc(Nc2nccc(-c3ccc4c(c3)CN(C3COC3)CCC4CC(=O)c3noc(C(C)(C)C)n3)n2)cn1. The van der Waals surface area contributed by atoms with Gasteiger partial charge in [-0.05, 0) is 49.1 Å². The molecule has 0 spiro atoms. The highest BCUT2D eigenvalue weighted by atomic mass is 16.5. The Bertz CT molecular complexity index is 1530. The number of aromatic nitrogens is 6. The van der Waals surface area contributed by atoms with Gasteiger partial charge >= 0.3 is 0 Å². The minimum atomic E-state index is -0.309. The van der Waals surface area contributed by atoms with Crippen LogP contribution in [-0.4, -0.2) is 66.4 Å². The second kappa shape index (κ2) is 11.1. The van der Waals surface area contributed by atoms with Crippen LogP contribution in [0.25, 0.3) is 11.3 Å². The number of nitrogens with zero attached hydrogens (tertiary/aromatic N) is 7. The number of hydrogen-bond donors (Lipinski definition) is 1. The maximum absolute atomic E-state index is 13.3. The zero-order valence-electron chi connectivity index (χ0n) is 24.0. The van der Waals surface area contributed by atoms with Gasteiger partial charge in [-0.15, -0.1) is 0 Å². The lowest BCUT2D eigenvalue weighted by molar-refractivity contribution is -0.0677. The van der Waals surface area contributed by atoms with Gasteiger partial charge in [0.1, 0.15) is 0 Å². The predicted octanol–water partition coefficient (Wildman–Crippen LogP) is 4.75. The molecule has 5 heterocycles. The lowest BCUT2D eigenvalue weighted by Crippen LogP contribution is -2.48. The van der Waals surface area contributed by atoms with Gasteiger partial charge in [-0.3, -0.25) is 14.4 Å². The van der Waals surface area contributed by atoms with Crippen LogP contribution in [0.15, 0.2) is 47.4 Å². The summed E-state index contributed by atoms with van der Waals surface area (Å²) in [5.74, 6) is 1.10. The Labute approximate surface area is 239 Å². The van der Waals surface area contributed by atoms with Crippen molar-refractivity contribution in [3.63, 3.8) is 0 Å². The number of nitrogens with one attached hydrogen (secondary N) is 1. The predicted molar refractivity (Wildman–Crippen MR) is 153 cm³/mol. The molecule has 2 aliphatic rings. The van der Waals surface area contributed by atoms with Gasteiger partial charge < -0.3 is 14.6 Å². The Morgan fingerprint density at radius 1 is 1.17 bits per heavy atom. The van der Waals surface area contributed by atoms with Crippen LogP contribution in [0.4, 0.5) is 11.6 Å². The smallest absolute Gasteiger partial charge is 0.238 e. The van der Waals surface area contributed by atoms with Gasteiger partial charge in [-0.1, -0.05) is 38.1 Å². The zero-order valence-corrected chi connectivity index (χ0v) is 24.0. The van der Waals surface area contributed by atoms with E-state index in [0.717, 1.165) is 56.2 Å². The quantitative estimate of drug-likeness (QED) is 0.304. The highest BCUT2D eigenvalue weighted by molar-refractivity contribution is 5.93. The lowest BCUT2D eigenvalue weighted by Gasteiger charge is -2.36. The molecule has 41 heavy (non-hydrogen) atoms. The number of carbonyl (C=O) groups excluding carboxylic acids is 1. The van der Waals surface area contributed by atoms with Gasteiger partial charge in [-0.2, -0.15) is 10.1 Å². The van der Waals surface area contributed by atoms with Gasteiger partial charge in [0.15, 0.2) is 0 Å². The van der Waals surface area contributed by atoms with E-state index in [1.54, 1.807) is 12.4 Å². The molecule has 1 fully saturated rings. The lowest BCUT2D eigenvalue weighted by atomic mass is 9.87. The standard InChI is InChI=1S/C30H36N8O3/c1-5-38-16-22(14-32-38)33-29-31-10-8-25(34-29)20-6-7-24-19(9-11-37(15-21(24)12-20)23-17-40-18-23)13-26(39)27-35-28(41-36-27)30(2,3)4/h6-8,10,12,14,16,19,23H,5,9,11,13,15,17-18H2,1-4H3,(H,31,33,34). The van der Waals surface area contributed by atoms with Crippen LogP contribution in [0.5, 0.6) is 0 Å². The normalized spacial score (nSPS) is 18.0. The molecule has 11 nitrogen and oxygen atoms in total. The molecule has 214 valence electrons. The van der Waals surface area contributed by atoms with E-state index in [2.05, 4.69) is 48.6 Å². The molecule has 1 atom stereocenters. The van der Waals surface area contributed by atoms with Gasteiger partial charge in [0.25, 0.3) is 0 Å². The Morgan fingerprint density at radius 2 is 2.02 bits per heavy atom. The third kappa shape index (κ3) is 5.91. The Morgan fingerprint density at radius 3 is 2.73 bits per heavy atom. The summed E-state index contributed by atoms with van der Waals surface area (Å²) in [6.07, 6.45) is 6.65. The Balaban J connectivity index is 1.27. The van der Waals surface area contributed by atoms with Crippen molar-refractivity contribution >= 4 is 17.4 Å². The fourth-order valence-electron chi connectivity index (χ4n) is 5.30. The van der Waals surface area contributed by atoms with Gasteiger partial charge in [0.2, 0.25) is 23.4 Å². The van der Waals surface area contributed by atoms with E-state index in [4.69, 9.17) is 14.2 Å². The van der Waals surface area contributed by atoms with Crippen LogP contribution in [0.1, 0.15) is 74.1 Å². The second-order valence-corrected chi connectivity index (χ2v) is 11.8. The van der Waals surface area contributed by atoms with Crippen molar-refractivity contribution in [2.24, 2.45) is 0 Å². The van der Waals surface area contributed by atoms with E-state index in [9.17, 15) is 4.79 Å². The fourth-order valence-corrected chi connectivity index (χ4v) is 5.30. The molecular weight excluding hydrogens is 520 g/mol. The van der Waals surface area contributed by atoms with Crippen molar-refractivity contribution in [3.05, 3.63) is 65.7 Å². The van der Waals surface area contributed by atoms with Crippen LogP contribution < -0.4 is 5.32 Å². The molecule has 0 aliphatic carbocycles. The van der Waals surface area contributed by atoms with E-state index in [-0.39, 0.29) is 22.9 Å². The van der Waals surface area contributed by atoms with Gasteiger partial charge in [0.05, 0.1) is 36.8 Å². The van der Waals surface area contributed by atoms with E-state index in [1.165, 1.54) is 11.1 Å². The molecule has 3 aromatic heterocycles. The number of fused-ring (bicyclic) bond motifs is 1. The van der Waals surface area contributed by atoms with Crippen LogP contribution in [0.3, 0.4) is 0 Å². The molecule has 1 saturated heterocycles. The molecule has 0 saturated carbocycles. The first-order valence-corrected chi connectivity index (χ1v) is 14.2. The summed E-state index contributed by atoms with van der Waals surface area (Å²) in [5, 5.41) is 11.6. The molecule has 2 aliphatic heterocycles. The third-order valence-electron chi connectivity index (χ3n) is 7.77. The van der Waals surface area contributed by atoms with Gasteiger partial charge in [0, 0.05) is 42.9 Å². The fraction of sp³-hybridized carbons (Fsp3) is 0.467. The molecule has 6 rings (SSSR count). The maximum atomic E-state index is 13.3. The summed E-state index contributed by atoms with van der Waals surface area (Å²) in [7, 11) is 0. The second-order valence-electron chi connectivity index (χ2n) is 11.8. The molecule has 11 heteroatoms. The number of benzene rings is 1. The number of ether oxygens (including phenoxy) is 1. The van der Waals surface area contributed by atoms with Crippen LogP contribution in [-0.2, 0) is 23.2 Å². The number of carbonyl (C=O) groups is 1. The van der Waals surface area contributed by atoms with Crippen molar-refractivity contribution in [2.45, 2.75) is 71.0 Å². The summed E-state index contributed by atoms with van der Waals surface area (Å²) in [5.41, 5.74) is 4.74. The third-order valence-corrected chi connectivity index (χ3v) is 7.77. The molecule has 1 N–H and O–H groups in total. The molecule has 0 bridgehead atoms. The summed E-state index contributed by atoms with van der Waals surface area (Å²) in [4.78, 5) is 29.4. The molecule has 1 unspecified atom stereocenters. The largest absolute Gasteiger partial charge is 0.378 e. The first kappa shape index (κ1) is 27.2. The molecular formula is C30H36N8O3. The summed E-state index contributed by atoms with van der Waals surface area (Å²) in [6.45, 7) is 12.0. The minimum absolute atomic E-state index is 0.0480. The van der Waals surface area contributed by atoms with Crippen molar-refractivity contribution in [2.75, 3.05) is 25.1 Å². The monoisotopic (exact) mass is 556 g/mol. The van der Waals surface area contributed by atoms with Crippen LogP contribution in [0.2, 0.25) is 0 Å². The average Bonchev–Trinajstić information content (AvgIpc) is 3.57. The van der Waals surface area contributed by atoms with E-state index in [1.807, 2.05) is 44.6 Å². The number of hydrogen-bond acceptors (Lipinski definition) is 10. The minimum Gasteiger partial charge on any atom is -0.378 e. The summed E-state index contributed by atoms with van der Waals surface area (Å²) < 4.78 is 12.8. The average molecular weight is 557 g/mol. The first-order chi connectivity index (χ1) is 19.8. The van der Waals surface area contributed by atoms with Gasteiger partial charge in [-0.25, -0.2) is 9.97 Å². The Hall–Kier alpha value is -3.96. The van der Waals surface area contributed by atoms with Crippen molar-refractivity contribution in [3.8, 4) is 11.3 Å². The molecule has 0 radical (unpaired) electrons. The Kier molecular flexibility index (Phi) is 7.39. The molecule has 1 aromatic carbocycles. The van der Waals surface area contributed by atoms with E-state index in [0.29, 0.717) is 24.3 Å². The molecule has 4 aromatic rings. The van der Waals surface area contributed by atoms with Crippen molar-refractivity contribution < 1.29 is 14.1 Å². The van der Waals surface area contributed by atoms with E-state index >= 15 is 0 Å². The number of anilines is 2.